The maximum atomic E-state index is 13.1. The Bertz CT molecular complexity index is 950. The summed E-state index contributed by atoms with van der Waals surface area (Å²) in [5.74, 6) is 0.102. The molecule has 3 rings (SSSR count). The van der Waals surface area contributed by atoms with Gasteiger partial charge in [0, 0.05) is 19.9 Å². The third-order valence-corrected chi connectivity index (χ3v) is 4.90. The number of aromatic nitrogens is 1. The van der Waals surface area contributed by atoms with E-state index >= 15 is 0 Å². The van der Waals surface area contributed by atoms with Crippen LogP contribution in [0.5, 0.6) is 11.5 Å². The van der Waals surface area contributed by atoms with Crippen LogP contribution in [0.2, 0.25) is 0 Å². The molecule has 0 radical (unpaired) electrons. The van der Waals surface area contributed by atoms with E-state index in [0.717, 1.165) is 0 Å². The fourth-order valence-electron chi connectivity index (χ4n) is 2.92. The Morgan fingerprint density at radius 3 is 2.57 bits per heavy atom. The normalized spacial score (nSPS) is 15.6. The Balaban J connectivity index is 1.67. The van der Waals surface area contributed by atoms with Crippen molar-refractivity contribution in [2.24, 2.45) is 0 Å². The predicted molar refractivity (Wildman–Crippen MR) is 101 cm³/mol. The number of carbonyl (C=O) groups excluding carboxylic acids is 1. The first-order chi connectivity index (χ1) is 14.1. The summed E-state index contributed by atoms with van der Waals surface area (Å²) in [4.78, 5) is 18.7. The second-order valence-corrected chi connectivity index (χ2v) is 7.12. The van der Waals surface area contributed by atoms with Crippen LogP contribution in [0.15, 0.2) is 42.6 Å². The number of nitriles is 1. The molecule has 1 atom stereocenters. The van der Waals surface area contributed by atoms with Gasteiger partial charge in [0.2, 0.25) is 0 Å². The van der Waals surface area contributed by atoms with E-state index < -0.39 is 24.4 Å². The minimum Gasteiger partial charge on any atom is -0.483 e. The minimum atomic E-state index is -4.43. The summed E-state index contributed by atoms with van der Waals surface area (Å²) in [6.45, 7) is 0.363. The highest BCUT2D eigenvalue weighted by atomic mass is 19.4. The van der Waals surface area contributed by atoms with Crippen molar-refractivity contribution >= 4 is 5.91 Å². The van der Waals surface area contributed by atoms with Crippen LogP contribution in [-0.2, 0) is 4.79 Å². The molecule has 1 amide bonds. The van der Waals surface area contributed by atoms with Crippen LogP contribution < -0.4 is 9.47 Å². The minimum absolute atomic E-state index is 0.00707. The average Bonchev–Trinajstić information content (AvgIpc) is 3.51. The smallest absolute Gasteiger partial charge is 0.422 e. The van der Waals surface area contributed by atoms with Gasteiger partial charge in [-0.25, -0.2) is 0 Å². The lowest BCUT2D eigenvalue weighted by Gasteiger charge is -2.29. The van der Waals surface area contributed by atoms with Crippen molar-refractivity contribution in [3.05, 3.63) is 53.9 Å². The second kappa shape index (κ2) is 8.22. The quantitative estimate of drug-likeness (QED) is 0.678. The zero-order valence-corrected chi connectivity index (χ0v) is 16.4. The van der Waals surface area contributed by atoms with Gasteiger partial charge in [-0.05, 0) is 31.2 Å². The molecule has 0 saturated heterocycles. The molecule has 0 N–H and O–H groups in total. The fourth-order valence-corrected chi connectivity index (χ4v) is 2.92. The number of benzene rings is 1. The van der Waals surface area contributed by atoms with Crippen molar-refractivity contribution < 1.29 is 27.4 Å². The Labute approximate surface area is 171 Å². The van der Waals surface area contributed by atoms with E-state index in [-0.39, 0.29) is 11.7 Å². The molecule has 9 heteroatoms. The number of amides is 1. The molecule has 2 aromatic rings. The van der Waals surface area contributed by atoms with Gasteiger partial charge < -0.3 is 14.4 Å². The van der Waals surface area contributed by atoms with E-state index in [9.17, 15) is 23.2 Å². The van der Waals surface area contributed by atoms with Gasteiger partial charge in [0.25, 0.3) is 5.91 Å². The number of para-hydroxylation sites is 1. The van der Waals surface area contributed by atoms with Crippen LogP contribution in [0.4, 0.5) is 13.2 Å². The highest BCUT2D eigenvalue weighted by Crippen LogP contribution is 2.43. The summed E-state index contributed by atoms with van der Waals surface area (Å²) < 4.78 is 47.3. The van der Waals surface area contributed by atoms with Gasteiger partial charge in [-0.15, -0.1) is 0 Å². The van der Waals surface area contributed by atoms with Crippen molar-refractivity contribution in [3.8, 4) is 17.6 Å². The number of ether oxygens (including phenoxy) is 2. The molecule has 1 aliphatic rings. The zero-order chi connectivity index (χ0) is 21.9. The van der Waals surface area contributed by atoms with Crippen LogP contribution in [-0.4, -0.2) is 41.2 Å². The number of alkyl halides is 3. The molecular formula is C21H20F3N3O3. The summed E-state index contributed by atoms with van der Waals surface area (Å²) in [5.41, 5.74) is -0.173. The number of nitrogens with zero attached hydrogens (tertiary/aromatic N) is 3. The van der Waals surface area contributed by atoms with Crippen LogP contribution in [0.3, 0.4) is 0 Å². The van der Waals surface area contributed by atoms with Crippen molar-refractivity contribution in [2.45, 2.75) is 37.6 Å². The molecule has 30 heavy (non-hydrogen) atoms. The van der Waals surface area contributed by atoms with Crippen molar-refractivity contribution in [3.63, 3.8) is 0 Å². The zero-order valence-electron chi connectivity index (χ0n) is 16.4. The van der Waals surface area contributed by atoms with Crippen LogP contribution in [0.1, 0.15) is 37.1 Å². The molecule has 0 bridgehead atoms. The summed E-state index contributed by atoms with van der Waals surface area (Å²) in [7, 11) is 1.61. The first-order valence-corrected chi connectivity index (χ1v) is 9.26. The number of pyridine rings is 1. The molecule has 1 aromatic carbocycles. The number of rotatable bonds is 7. The third-order valence-electron chi connectivity index (χ3n) is 4.90. The molecule has 1 heterocycles. The number of hydrogen-bond donors (Lipinski definition) is 0. The van der Waals surface area contributed by atoms with E-state index in [1.165, 1.54) is 23.2 Å². The Kier molecular flexibility index (Phi) is 5.87. The van der Waals surface area contributed by atoms with Crippen molar-refractivity contribution in [1.29, 1.82) is 5.26 Å². The van der Waals surface area contributed by atoms with Gasteiger partial charge in [-0.1, -0.05) is 12.1 Å². The molecule has 158 valence electrons. The molecule has 0 unspecified atom stereocenters. The monoisotopic (exact) mass is 419 g/mol. The molecule has 1 saturated carbocycles. The van der Waals surface area contributed by atoms with Crippen LogP contribution in [0.25, 0.3) is 0 Å². The van der Waals surface area contributed by atoms with E-state index in [4.69, 9.17) is 4.74 Å². The van der Waals surface area contributed by atoms with Gasteiger partial charge in [0.1, 0.15) is 17.6 Å². The molecular weight excluding hydrogens is 399 g/mol. The molecule has 0 spiro atoms. The maximum absolute atomic E-state index is 13.1. The SMILES string of the molecule is C[C@H](c1ccc(OCC(F)(F)F)cn1)N(C)C(=O)C1(Oc2ccccc2C#N)CC1. The topological polar surface area (TPSA) is 75.4 Å². The summed E-state index contributed by atoms with van der Waals surface area (Å²) in [5, 5.41) is 9.22. The molecule has 0 aliphatic heterocycles. The highest BCUT2D eigenvalue weighted by molar-refractivity contribution is 5.88. The Morgan fingerprint density at radius 2 is 2.00 bits per heavy atom. The lowest BCUT2D eigenvalue weighted by atomic mass is 10.1. The average molecular weight is 419 g/mol. The lowest BCUT2D eigenvalue weighted by molar-refractivity contribution is -0.153. The lowest BCUT2D eigenvalue weighted by Crippen LogP contribution is -2.43. The van der Waals surface area contributed by atoms with Crippen molar-refractivity contribution in [1.82, 2.24) is 9.88 Å². The predicted octanol–water partition coefficient (Wildman–Crippen LogP) is 4.03. The Morgan fingerprint density at radius 1 is 1.30 bits per heavy atom. The highest BCUT2D eigenvalue weighted by Gasteiger charge is 2.55. The number of likely N-dealkylation sites (N-methyl/N-ethyl adjacent to an activating group) is 1. The molecule has 1 aliphatic carbocycles. The van der Waals surface area contributed by atoms with E-state index in [2.05, 4.69) is 9.72 Å². The first kappa shape index (κ1) is 21.4. The van der Waals surface area contributed by atoms with Crippen LogP contribution >= 0.6 is 0 Å². The van der Waals surface area contributed by atoms with Crippen LogP contribution in [0, 0.1) is 11.3 Å². The van der Waals surface area contributed by atoms with E-state index in [1.54, 1.807) is 38.2 Å². The molecule has 6 nitrogen and oxygen atoms in total. The van der Waals surface area contributed by atoms with Gasteiger partial charge in [0.15, 0.2) is 12.2 Å². The van der Waals surface area contributed by atoms with Gasteiger partial charge >= 0.3 is 6.18 Å². The summed E-state index contributed by atoms with van der Waals surface area (Å²) in [6.07, 6.45) is -2.18. The van der Waals surface area contributed by atoms with Gasteiger partial charge in [-0.2, -0.15) is 18.4 Å². The van der Waals surface area contributed by atoms with Gasteiger partial charge in [0.05, 0.1) is 23.5 Å². The summed E-state index contributed by atoms with van der Waals surface area (Å²) >= 11 is 0. The fraction of sp³-hybridized carbons (Fsp3) is 0.381. The first-order valence-electron chi connectivity index (χ1n) is 9.26. The second-order valence-electron chi connectivity index (χ2n) is 7.12. The molecule has 1 aromatic heterocycles. The maximum Gasteiger partial charge on any atom is 0.422 e. The number of carbonyl (C=O) groups is 1. The Hall–Kier alpha value is -3.28. The van der Waals surface area contributed by atoms with E-state index in [1.807, 2.05) is 6.07 Å². The molecule has 1 fully saturated rings. The summed E-state index contributed by atoms with van der Waals surface area (Å²) in [6, 6.07) is 11.2. The van der Waals surface area contributed by atoms with Crippen molar-refractivity contribution in [2.75, 3.05) is 13.7 Å². The van der Waals surface area contributed by atoms with E-state index in [0.29, 0.717) is 29.8 Å². The third kappa shape index (κ3) is 4.82. The number of hydrogen-bond acceptors (Lipinski definition) is 5. The number of halogens is 3. The standard InChI is InChI=1S/C21H20F3N3O3/c1-14(17-8-7-16(12-26-17)29-13-21(22,23)24)27(2)19(28)20(9-10-20)30-18-6-4-3-5-15(18)11-25/h3-8,12,14H,9-10,13H2,1-2H3/t14-/m1/s1. The van der Waals surface area contributed by atoms with Gasteiger partial charge in [-0.3, -0.25) is 9.78 Å². The largest absolute Gasteiger partial charge is 0.483 e.